The Kier molecular flexibility index (Phi) is 11.5. The van der Waals surface area contributed by atoms with Crippen LogP contribution in [0.25, 0.3) is 0 Å². The number of amides is 3. The number of methoxy groups -OCH3 is 2. The number of nitrogens with one attached hydrogen (secondary N) is 2. The lowest BCUT2D eigenvalue weighted by Crippen LogP contribution is -2.50. The number of benzene rings is 2. The van der Waals surface area contributed by atoms with Crippen molar-refractivity contribution in [1.82, 2.24) is 10.5 Å². The Morgan fingerprint density at radius 2 is 1.70 bits per heavy atom. The average Bonchev–Trinajstić information content (AvgIpc) is 3.41. The van der Waals surface area contributed by atoms with Gasteiger partial charge in [-0.05, 0) is 64.4 Å². The van der Waals surface area contributed by atoms with Crippen LogP contribution >= 0.6 is 0 Å². The SMILES string of the molecule is CCOC(=O)c1ccc(N(C(=O)CCC(=O)Nc2cc(C)on2)[C@@H](C(=O)NC(C)(C)CC)c2cccc(OC)c2OC)cc1. The third kappa shape index (κ3) is 8.36. The molecular formula is C32H40N4O8. The minimum atomic E-state index is -1.24. The number of nitrogens with zero attached hydrogens (tertiary/aromatic N) is 2. The van der Waals surface area contributed by atoms with Gasteiger partial charge in [-0.1, -0.05) is 24.2 Å². The van der Waals surface area contributed by atoms with Crippen LogP contribution in [0.15, 0.2) is 53.1 Å². The molecule has 2 N–H and O–H groups in total. The number of aryl methyl sites for hydroxylation is 1. The fourth-order valence-corrected chi connectivity index (χ4v) is 4.40. The standard InChI is InChI=1S/C32H40N4O8/c1-8-32(4,5)34-30(39)28(23-11-10-12-24(41-6)29(23)42-7)36(22-15-13-21(14-16-22)31(40)43-9-2)27(38)18-17-26(37)33-25-19-20(3)44-35-25/h10-16,19,28H,8-9,17-18H2,1-7H3,(H,34,39)(H,33,35,37)/t28-/m1/s1. The Labute approximate surface area is 257 Å². The number of para-hydroxylation sites is 1. The van der Waals surface area contributed by atoms with Crippen LogP contribution in [0.3, 0.4) is 0 Å². The highest BCUT2D eigenvalue weighted by molar-refractivity contribution is 6.04. The minimum Gasteiger partial charge on any atom is -0.493 e. The van der Waals surface area contributed by atoms with Gasteiger partial charge >= 0.3 is 5.97 Å². The van der Waals surface area contributed by atoms with Gasteiger partial charge in [0.2, 0.25) is 17.7 Å². The number of aromatic nitrogens is 1. The summed E-state index contributed by atoms with van der Waals surface area (Å²) in [6.45, 7) is 9.28. The molecule has 3 aromatic rings. The molecule has 1 atom stereocenters. The number of carbonyl (C=O) groups is 4. The van der Waals surface area contributed by atoms with Crippen molar-refractivity contribution in [2.45, 2.75) is 65.5 Å². The van der Waals surface area contributed by atoms with Crippen molar-refractivity contribution in [2.24, 2.45) is 0 Å². The molecule has 0 spiro atoms. The zero-order valence-electron chi connectivity index (χ0n) is 26.2. The maximum Gasteiger partial charge on any atom is 0.338 e. The maximum atomic E-state index is 14.2. The van der Waals surface area contributed by atoms with Gasteiger partial charge in [0.05, 0.1) is 26.4 Å². The van der Waals surface area contributed by atoms with Crippen molar-refractivity contribution in [2.75, 3.05) is 31.0 Å². The van der Waals surface area contributed by atoms with E-state index in [2.05, 4.69) is 15.8 Å². The summed E-state index contributed by atoms with van der Waals surface area (Å²) in [6, 6.07) is 11.5. The van der Waals surface area contributed by atoms with E-state index in [0.29, 0.717) is 29.2 Å². The Balaban J connectivity index is 2.11. The molecule has 1 aromatic heterocycles. The molecule has 12 heteroatoms. The van der Waals surface area contributed by atoms with Crippen molar-refractivity contribution >= 4 is 35.2 Å². The number of hydrogen-bond acceptors (Lipinski definition) is 9. The Bertz CT molecular complexity index is 1470. The van der Waals surface area contributed by atoms with Crippen molar-refractivity contribution in [3.05, 3.63) is 65.4 Å². The lowest BCUT2D eigenvalue weighted by molar-refractivity contribution is -0.128. The molecule has 0 fully saturated rings. The van der Waals surface area contributed by atoms with Crippen LogP contribution in [0.4, 0.5) is 11.5 Å². The van der Waals surface area contributed by atoms with Gasteiger partial charge in [0, 0.05) is 35.7 Å². The topological polar surface area (TPSA) is 149 Å². The summed E-state index contributed by atoms with van der Waals surface area (Å²) in [5.74, 6) is -0.610. The molecule has 3 rings (SSSR count). The van der Waals surface area contributed by atoms with Crippen LogP contribution in [0.1, 0.15) is 74.7 Å². The van der Waals surface area contributed by atoms with Gasteiger partial charge in [-0.25, -0.2) is 4.79 Å². The summed E-state index contributed by atoms with van der Waals surface area (Å²) in [6.07, 6.45) is 0.159. The third-order valence-electron chi connectivity index (χ3n) is 6.97. The van der Waals surface area contributed by atoms with Crippen LogP contribution in [0, 0.1) is 6.92 Å². The second kappa shape index (κ2) is 15.0. The van der Waals surface area contributed by atoms with Crippen LogP contribution in [0.5, 0.6) is 11.5 Å². The zero-order valence-corrected chi connectivity index (χ0v) is 26.2. The Morgan fingerprint density at radius 1 is 1.00 bits per heavy atom. The molecule has 2 aromatic carbocycles. The van der Waals surface area contributed by atoms with E-state index >= 15 is 0 Å². The van der Waals surface area contributed by atoms with Gasteiger partial charge in [-0.15, -0.1) is 0 Å². The van der Waals surface area contributed by atoms with Crippen molar-refractivity contribution in [1.29, 1.82) is 0 Å². The summed E-state index contributed by atoms with van der Waals surface area (Å²) in [5.41, 5.74) is 0.341. The molecule has 12 nitrogen and oxygen atoms in total. The van der Waals surface area contributed by atoms with Crippen LogP contribution in [0.2, 0.25) is 0 Å². The van der Waals surface area contributed by atoms with Crippen molar-refractivity contribution in [3.8, 4) is 11.5 Å². The highest BCUT2D eigenvalue weighted by atomic mass is 16.5. The van der Waals surface area contributed by atoms with Crippen molar-refractivity contribution < 1.29 is 37.9 Å². The number of hydrogen-bond donors (Lipinski definition) is 2. The first-order valence-electron chi connectivity index (χ1n) is 14.3. The molecule has 0 radical (unpaired) electrons. The van der Waals surface area contributed by atoms with Crippen molar-refractivity contribution in [3.63, 3.8) is 0 Å². The molecule has 0 aliphatic heterocycles. The molecule has 0 bridgehead atoms. The Hall–Kier alpha value is -4.87. The van der Waals surface area contributed by atoms with E-state index in [1.165, 1.54) is 31.3 Å². The largest absolute Gasteiger partial charge is 0.493 e. The third-order valence-corrected chi connectivity index (χ3v) is 6.97. The van der Waals surface area contributed by atoms with E-state index in [-0.39, 0.29) is 36.6 Å². The monoisotopic (exact) mass is 608 g/mol. The van der Waals surface area contributed by atoms with E-state index in [0.717, 1.165) is 0 Å². The lowest BCUT2D eigenvalue weighted by Gasteiger charge is -2.35. The predicted octanol–water partition coefficient (Wildman–Crippen LogP) is 4.97. The number of carbonyl (C=O) groups excluding carboxylic acids is 4. The van der Waals surface area contributed by atoms with Gasteiger partial charge in [0.25, 0.3) is 0 Å². The molecular weight excluding hydrogens is 568 g/mol. The normalized spacial score (nSPS) is 11.7. The highest BCUT2D eigenvalue weighted by Gasteiger charge is 2.37. The van der Waals surface area contributed by atoms with Crippen LogP contribution in [-0.4, -0.2) is 55.2 Å². The highest BCUT2D eigenvalue weighted by Crippen LogP contribution is 2.39. The van der Waals surface area contributed by atoms with Gasteiger partial charge in [0.1, 0.15) is 11.8 Å². The quantitative estimate of drug-likeness (QED) is 0.242. The van der Waals surface area contributed by atoms with Gasteiger partial charge in [-0.2, -0.15) is 0 Å². The van der Waals surface area contributed by atoms with E-state index in [4.69, 9.17) is 18.7 Å². The van der Waals surface area contributed by atoms with E-state index in [1.54, 1.807) is 50.2 Å². The predicted molar refractivity (Wildman–Crippen MR) is 164 cm³/mol. The molecule has 236 valence electrons. The van der Waals surface area contributed by atoms with Gasteiger partial charge in [-0.3, -0.25) is 19.3 Å². The van der Waals surface area contributed by atoms with E-state index < -0.39 is 35.3 Å². The first-order valence-corrected chi connectivity index (χ1v) is 14.3. The molecule has 3 amide bonds. The molecule has 0 aliphatic rings. The molecule has 0 unspecified atom stereocenters. The smallest absolute Gasteiger partial charge is 0.338 e. The second-order valence-electron chi connectivity index (χ2n) is 10.6. The summed E-state index contributed by atoms with van der Waals surface area (Å²) in [5, 5.41) is 9.40. The second-order valence-corrected chi connectivity index (χ2v) is 10.6. The average molecular weight is 609 g/mol. The fourth-order valence-electron chi connectivity index (χ4n) is 4.40. The molecule has 0 aliphatic carbocycles. The molecule has 1 heterocycles. The van der Waals surface area contributed by atoms with Gasteiger partial charge < -0.3 is 29.4 Å². The van der Waals surface area contributed by atoms with Crippen LogP contribution < -0.4 is 25.0 Å². The first-order chi connectivity index (χ1) is 20.9. The number of ether oxygens (including phenoxy) is 3. The lowest BCUT2D eigenvalue weighted by atomic mass is 9.97. The summed E-state index contributed by atoms with van der Waals surface area (Å²) in [4.78, 5) is 54.6. The summed E-state index contributed by atoms with van der Waals surface area (Å²) >= 11 is 0. The Morgan fingerprint density at radius 3 is 2.27 bits per heavy atom. The van der Waals surface area contributed by atoms with E-state index in [9.17, 15) is 19.2 Å². The molecule has 44 heavy (non-hydrogen) atoms. The zero-order chi connectivity index (χ0) is 32.4. The minimum absolute atomic E-state index is 0.201. The number of anilines is 2. The summed E-state index contributed by atoms with van der Waals surface area (Å²) in [7, 11) is 2.92. The summed E-state index contributed by atoms with van der Waals surface area (Å²) < 4.78 is 21.3. The fraction of sp³-hybridized carbons (Fsp3) is 0.406. The molecule has 0 saturated heterocycles. The first kappa shape index (κ1) is 33.6. The van der Waals surface area contributed by atoms with E-state index in [1.807, 2.05) is 20.8 Å². The number of rotatable bonds is 14. The molecule has 0 saturated carbocycles. The van der Waals surface area contributed by atoms with Gasteiger partial charge in [0.15, 0.2) is 17.3 Å². The number of esters is 1. The maximum absolute atomic E-state index is 14.2. The van der Waals surface area contributed by atoms with Crippen LogP contribution in [-0.2, 0) is 19.1 Å².